The second-order valence-corrected chi connectivity index (χ2v) is 2.39. The van der Waals surface area contributed by atoms with E-state index in [2.05, 4.69) is 0 Å². The van der Waals surface area contributed by atoms with Crippen LogP contribution in [-0.2, 0) is 6.54 Å². The van der Waals surface area contributed by atoms with Crippen LogP contribution in [0, 0.1) is 18.6 Å². The molecule has 1 nitrogen and oxygen atoms in total. The summed E-state index contributed by atoms with van der Waals surface area (Å²) in [5.41, 5.74) is 5.73. The Morgan fingerprint density at radius 1 is 1.27 bits per heavy atom. The van der Waals surface area contributed by atoms with Crippen molar-refractivity contribution in [1.82, 2.24) is 0 Å². The third kappa shape index (κ3) is 1.54. The molecule has 3 heteroatoms. The zero-order valence-electron chi connectivity index (χ0n) is 6.20. The van der Waals surface area contributed by atoms with Crippen LogP contribution in [0.15, 0.2) is 12.1 Å². The minimum Gasteiger partial charge on any atom is -0.326 e. The molecule has 1 aromatic carbocycles. The Balaban J connectivity index is 3.21. The van der Waals surface area contributed by atoms with Crippen molar-refractivity contribution >= 4 is 0 Å². The SMILES string of the molecule is Cc1c(F)cc(CN)cc1F. The lowest BCUT2D eigenvalue weighted by Crippen LogP contribution is -1.99. The molecular weight excluding hydrogens is 148 g/mol. The Kier molecular flexibility index (Phi) is 2.19. The molecule has 0 aromatic heterocycles. The van der Waals surface area contributed by atoms with E-state index in [1.54, 1.807) is 0 Å². The van der Waals surface area contributed by atoms with E-state index in [1.165, 1.54) is 19.1 Å². The van der Waals surface area contributed by atoms with Crippen molar-refractivity contribution in [1.29, 1.82) is 0 Å². The van der Waals surface area contributed by atoms with E-state index in [1.807, 2.05) is 0 Å². The lowest BCUT2D eigenvalue weighted by atomic mass is 10.1. The van der Waals surface area contributed by atoms with Crippen molar-refractivity contribution in [2.45, 2.75) is 13.5 Å². The van der Waals surface area contributed by atoms with Crippen molar-refractivity contribution in [3.05, 3.63) is 34.9 Å². The normalized spacial score (nSPS) is 10.2. The van der Waals surface area contributed by atoms with E-state index in [-0.39, 0.29) is 12.1 Å². The van der Waals surface area contributed by atoms with Crippen molar-refractivity contribution in [3.63, 3.8) is 0 Å². The third-order valence-corrected chi connectivity index (χ3v) is 1.58. The summed E-state index contributed by atoms with van der Waals surface area (Å²) in [4.78, 5) is 0. The van der Waals surface area contributed by atoms with Gasteiger partial charge in [-0.25, -0.2) is 8.78 Å². The summed E-state index contributed by atoms with van der Waals surface area (Å²) in [7, 11) is 0. The molecule has 0 aliphatic rings. The molecule has 0 unspecified atom stereocenters. The summed E-state index contributed by atoms with van der Waals surface area (Å²) >= 11 is 0. The number of benzene rings is 1. The van der Waals surface area contributed by atoms with E-state index in [9.17, 15) is 8.78 Å². The fraction of sp³-hybridized carbons (Fsp3) is 0.250. The first-order valence-electron chi connectivity index (χ1n) is 3.29. The highest BCUT2D eigenvalue weighted by molar-refractivity contribution is 5.24. The van der Waals surface area contributed by atoms with Crippen LogP contribution < -0.4 is 5.73 Å². The van der Waals surface area contributed by atoms with Gasteiger partial charge in [0.15, 0.2) is 0 Å². The number of hydrogen-bond donors (Lipinski definition) is 1. The summed E-state index contributed by atoms with van der Waals surface area (Å²) < 4.78 is 25.5. The smallest absolute Gasteiger partial charge is 0.129 e. The molecule has 1 aromatic rings. The molecule has 0 saturated carbocycles. The van der Waals surface area contributed by atoms with Crippen LogP contribution in [0.25, 0.3) is 0 Å². The molecule has 11 heavy (non-hydrogen) atoms. The van der Waals surface area contributed by atoms with Gasteiger partial charge in [-0.3, -0.25) is 0 Å². The van der Waals surface area contributed by atoms with Crippen molar-refractivity contribution in [2.24, 2.45) is 5.73 Å². The minimum atomic E-state index is -0.537. The van der Waals surface area contributed by atoms with Crippen LogP contribution in [0.1, 0.15) is 11.1 Å². The zero-order chi connectivity index (χ0) is 8.43. The summed E-state index contributed by atoms with van der Waals surface area (Å²) in [6.07, 6.45) is 0. The molecule has 0 aliphatic carbocycles. The van der Waals surface area contributed by atoms with E-state index in [4.69, 9.17) is 5.73 Å². The van der Waals surface area contributed by atoms with E-state index < -0.39 is 11.6 Å². The van der Waals surface area contributed by atoms with Gasteiger partial charge >= 0.3 is 0 Å². The molecular formula is C8H9F2N. The Morgan fingerprint density at radius 3 is 2.09 bits per heavy atom. The first-order valence-corrected chi connectivity index (χ1v) is 3.29. The Labute approximate surface area is 63.8 Å². The average Bonchev–Trinajstić information content (AvgIpc) is 1.99. The predicted molar refractivity (Wildman–Crippen MR) is 39.0 cm³/mol. The summed E-state index contributed by atoms with van der Waals surface area (Å²) in [6.45, 7) is 1.55. The highest BCUT2D eigenvalue weighted by Crippen LogP contribution is 2.13. The fourth-order valence-corrected chi connectivity index (χ4v) is 0.816. The molecule has 0 bridgehead atoms. The first-order chi connectivity index (χ1) is 5.15. The molecule has 1 rings (SSSR count). The van der Waals surface area contributed by atoms with Gasteiger partial charge in [0.05, 0.1) is 0 Å². The number of rotatable bonds is 1. The Bertz CT molecular complexity index is 248. The molecule has 0 amide bonds. The number of nitrogens with two attached hydrogens (primary N) is 1. The minimum absolute atomic E-state index is 0.0437. The molecule has 0 atom stereocenters. The average molecular weight is 157 g/mol. The van der Waals surface area contributed by atoms with E-state index >= 15 is 0 Å². The van der Waals surface area contributed by atoms with E-state index in [0.29, 0.717) is 5.56 Å². The zero-order valence-corrected chi connectivity index (χ0v) is 6.20. The maximum absolute atomic E-state index is 12.7. The van der Waals surface area contributed by atoms with Crippen molar-refractivity contribution in [3.8, 4) is 0 Å². The van der Waals surface area contributed by atoms with E-state index in [0.717, 1.165) is 0 Å². The highest BCUT2D eigenvalue weighted by atomic mass is 19.1. The quantitative estimate of drug-likeness (QED) is 0.660. The fourth-order valence-electron chi connectivity index (χ4n) is 0.816. The standard InChI is InChI=1S/C8H9F2N/c1-5-7(9)2-6(4-11)3-8(5)10/h2-3H,4,11H2,1H3. The Morgan fingerprint density at radius 2 is 1.73 bits per heavy atom. The largest absolute Gasteiger partial charge is 0.326 e. The predicted octanol–water partition coefficient (Wildman–Crippen LogP) is 1.73. The van der Waals surface area contributed by atoms with Crippen LogP contribution in [0.5, 0.6) is 0 Å². The van der Waals surface area contributed by atoms with Gasteiger partial charge in [-0.2, -0.15) is 0 Å². The maximum atomic E-state index is 12.7. The van der Waals surface area contributed by atoms with Gasteiger partial charge < -0.3 is 5.73 Å². The van der Waals surface area contributed by atoms with Gasteiger partial charge in [0.1, 0.15) is 11.6 Å². The van der Waals surface area contributed by atoms with Crippen molar-refractivity contribution < 1.29 is 8.78 Å². The number of halogens is 2. The van der Waals surface area contributed by atoms with Crippen LogP contribution in [0.2, 0.25) is 0 Å². The molecule has 0 fully saturated rings. The molecule has 2 N–H and O–H groups in total. The lowest BCUT2D eigenvalue weighted by molar-refractivity contribution is 0.564. The molecule has 0 radical (unpaired) electrons. The van der Waals surface area contributed by atoms with Crippen molar-refractivity contribution in [2.75, 3.05) is 0 Å². The monoisotopic (exact) mass is 157 g/mol. The maximum Gasteiger partial charge on any atom is 0.129 e. The molecule has 0 spiro atoms. The molecule has 0 saturated heterocycles. The summed E-state index contributed by atoms with van der Waals surface area (Å²) in [5.74, 6) is -1.07. The lowest BCUT2D eigenvalue weighted by Gasteiger charge is -2.01. The van der Waals surface area contributed by atoms with Gasteiger partial charge in [-0.15, -0.1) is 0 Å². The summed E-state index contributed by atoms with van der Waals surface area (Å²) in [6, 6.07) is 2.50. The highest BCUT2D eigenvalue weighted by Gasteiger charge is 2.04. The van der Waals surface area contributed by atoms with Gasteiger partial charge in [0.25, 0.3) is 0 Å². The van der Waals surface area contributed by atoms with Gasteiger partial charge in [0.2, 0.25) is 0 Å². The Hall–Kier alpha value is -0.960. The first kappa shape index (κ1) is 8.14. The van der Waals surface area contributed by atoms with Crippen LogP contribution in [0.3, 0.4) is 0 Å². The van der Waals surface area contributed by atoms with Gasteiger partial charge in [0, 0.05) is 12.1 Å². The second-order valence-electron chi connectivity index (χ2n) is 2.39. The van der Waals surface area contributed by atoms with Crippen LogP contribution in [0.4, 0.5) is 8.78 Å². The third-order valence-electron chi connectivity index (χ3n) is 1.58. The van der Waals surface area contributed by atoms with Gasteiger partial charge in [-0.1, -0.05) is 0 Å². The topological polar surface area (TPSA) is 26.0 Å². The molecule has 60 valence electrons. The molecule has 0 aliphatic heterocycles. The van der Waals surface area contributed by atoms with Crippen LogP contribution in [-0.4, -0.2) is 0 Å². The van der Waals surface area contributed by atoms with Crippen LogP contribution >= 0.6 is 0 Å². The number of hydrogen-bond acceptors (Lipinski definition) is 1. The second kappa shape index (κ2) is 2.96. The summed E-state index contributed by atoms with van der Waals surface area (Å²) in [5, 5.41) is 0. The molecule has 0 heterocycles. The van der Waals surface area contributed by atoms with Gasteiger partial charge in [-0.05, 0) is 24.6 Å².